The van der Waals surface area contributed by atoms with Crippen LogP contribution in [-0.4, -0.2) is 37.2 Å². The number of methoxy groups -OCH3 is 1. The van der Waals surface area contributed by atoms with Gasteiger partial charge < -0.3 is 19.8 Å². The van der Waals surface area contributed by atoms with E-state index in [0.717, 1.165) is 0 Å². The van der Waals surface area contributed by atoms with Crippen molar-refractivity contribution in [2.75, 3.05) is 25.6 Å². The molecule has 0 unspecified atom stereocenters. The molecule has 0 atom stereocenters. The summed E-state index contributed by atoms with van der Waals surface area (Å²) in [6.07, 6.45) is 2.58. The van der Waals surface area contributed by atoms with Crippen LogP contribution < -0.4 is 5.32 Å². The number of rotatable bonds is 7. The average Bonchev–Trinajstić information content (AvgIpc) is 2.71. The molecule has 1 aromatic heterocycles. The second kappa shape index (κ2) is 7.58. The van der Waals surface area contributed by atoms with Crippen molar-refractivity contribution in [3.05, 3.63) is 17.5 Å². The molecule has 0 saturated carbocycles. The Hall–Kier alpha value is -1.82. The predicted octanol–water partition coefficient (Wildman–Crippen LogP) is 1.86. The fraction of sp³-hybridized carbons (Fsp3) is 0.538. The van der Waals surface area contributed by atoms with Crippen molar-refractivity contribution >= 4 is 17.6 Å². The van der Waals surface area contributed by atoms with Crippen LogP contribution in [0.1, 0.15) is 35.8 Å². The van der Waals surface area contributed by atoms with Crippen molar-refractivity contribution in [1.29, 1.82) is 0 Å². The van der Waals surface area contributed by atoms with Crippen LogP contribution in [-0.2, 0) is 14.3 Å². The third-order valence-corrected chi connectivity index (χ3v) is 2.58. The Morgan fingerprint density at radius 2 is 2.16 bits per heavy atom. The van der Waals surface area contributed by atoms with Crippen molar-refractivity contribution in [2.45, 2.75) is 26.7 Å². The van der Waals surface area contributed by atoms with Crippen LogP contribution >= 0.6 is 0 Å². The predicted molar refractivity (Wildman–Crippen MR) is 71.2 cm³/mol. The first-order valence-electron chi connectivity index (χ1n) is 6.24. The van der Waals surface area contributed by atoms with E-state index in [4.69, 9.17) is 9.47 Å². The van der Waals surface area contributed by atoms with E-state index in [-0.39, 0.29) is 5.91 Å². The number of ether oxygens (including phenoxy) is 2. The van der Waals surface area contributed by atoms with Gasteiger partial charge in [-0.25, -0.2) is 4.79 Å². The van der Waals surface area contributed by atoms with Gasteiger partial charge in [-0.15, -0.1) is 0 Å². The molecule has 1 amide bonds. The molecular formula is C13H20N2O4. The first-order chi connectivity index (χ1) is 9.10. The molecule has 1 aromatic rings. The van der Waals surface area contributed by atoms with E-state index >= 15 is 0 Å². The molecule has 0 saturated heterocycles. The quantitative estimate of drug-likeness (QED) is 0.584. The van der Waals surface area contributed by atoms with Crippen LogP contribution in [0.4, 0.5) is 5.69 Å². The van der Waals surface area contributed by atoms with Crippen molar-refractivity contribution in [3.63, 3.8) is 0 Å². The smallest absolute Gasteiger partial charge is 0.342 e. The maximum Gasteiger partial charge on any atom is 0.342 e. The molecule has 6 nitrogen and oxygen atoms in total. The molecule has 1 heterocycles. The minimum Gasteiger partial charge on any atom is -0.462 e. The summed E-state index contributed by atoms with van der Waals surface area (Å²) in [5, 5.41) is 2.70. The molecule has 0 aliphatic rings. The number of carbonyl (C=O) groups is 2. The summed E-state index contributed by atoms with van der Waals surface area (Å²) in [7, 11) is 1.59. The van der Waals surface area contributed by atoms with Gasteiger partial charge in [0, 0.05) is 32.0 Å². The maximum absolute atomic E-state index is 11.8. The molecule has 0 aromatic carbocycles. The molecule has 1 rings (SSSR count). The number of hydrogen-bond acceptors (Lipinski definition) is 4. The SMILES string of the molecule is CCOC(=O)c1c(NC(=O)CCCOC)c[nH]c1C. The summed E-state index contributed by atoms with van der Waals surface area (Å²) in [5.74, 6) is -0.588. The van der Waals surface area contributed by atoms with Gasteiger partial charge in [0.15, 0.2) is 0 Å². The Morgan fingerprint density at radius 1 is 1.42 bits per heavy atom. The summed E-state index contributed by atoms with van der Waals surface area (Å²) >= 11 is 0. The van der Waals surface area contributed by atoms with Gasteiger partial charge in [0.2, 0.25) is 5.91 Å². The molecule has 0 spiro atoms. The molecule has 0 fully saturated rings. The van der Waals surface area contributed by atoms with E-state index in [2.05, 4.69) is 10.3 Å². The maximum atomic E-state index is 11.8. The zero-order valence-electron chi connectivity index (χ0n) is 11.5. The highest BCUT2D eigenvalue weighted by Gasteiger charge is 2.18. The third kappa shape index (κ3) is 4.40. The van der Waals surface area contributed by atoms with Gasteiger partial charge in [0.05, 0.1) is 12.3 Å². The lowest BCUT2D eigenvalue weighted by molar-refractivity contribution is -0.116. The Morgan fingerprint density at radius 3 is 2.79 bits per heavy atom. The summed E-state index contributed by atoms with van der Waals surface area (Å²) < 4.78 is 9.84. The van der Waals surface area contributed by atoms with Gasteiger partial charge >= 0.3 is 5.97 Å². The van der Waals surface area contributed by atoms with E-state index in [1.54, 1.807) is 27.2 Å². The van der Waals surface area contributed by atoms with Gasteiger partial charge in [0.25, 0.3) is 0 Å². The average molecular weight is 268 g/mol. The van der Waals surface area contributed by atoms with Gasteiger partial charge in [-0.2, -0.15) is 0 Å². The number of H-pyrrole nitrogens is 1. The van der Waals surface area contributed by atoms with Crippen LogP contribution in [0.15, 0.2) is 6.20 Å². The molecule has 0 radical (unpaired) electrons. The summed E-state index contributed by atoms with van der Waals surface area (Å²) in [6, 6.07) is 0. The fourth-order valence-corrected chi connectivity index (χ4v) is 1.68. The number of esters is 1. The van der Waals surface area contributed by atoms with E-state index in [1.165, 1.54) is 0 Å². The normalized spacial score (nSPS) is 10.3. The van der Waals surface area contributed by atoms with E-state index < -0.39 is 5.97 Å². The molecule has 6 heteroatoms. The Labute approximate surface area is 112 Å². The monoisotopic (exact) mass is 268 g/mol. The second-order valence-corrected chi connectivity index (χ2v) is 4.07. The number of aryl methyl sites for hydroxylation is 1. The van der Waals surface area contributed by atoms with Crippen LogP contribution in [0.25, 0.3) is 0 Å². The lowest BCUT2D eigenvalue weighted by Gasteiger charge is -2.07. The van der Waals surface area contributed by atoms with Crippen molar-refractivity contribution in [3.8, 4) is 0 Å². The van der Waals surface area contributed by atoms with Gasteiger partial charge in [-0.3, -0.25) is 4.79 Å². The molecule has 19 heavy (non-hydrogen) atoms. The highest BCUT2D eigenvalue weighted by Crippen LogP contribution is 2.20. The second-order valence-electron chi connectivity index (χ2n) is 4.07. The van der Waals surface area contributed by atoms with E-state index in [1.807, 2.05) is 0 Å². The van der Waals surface area contributed by atoms with Crippen LogP contribution in [0.3, 0.4) is 0 Å². The Balaban J connectivity index is 2.68. The van der Waals surface area contributed by atoms with Crippen molar-refractivity contribution < 1.29 is 19.1 Å². The van der Waals surface area contributed by atoms with Crippen LogP contribution in [0, 0.1) is 6.92 Å². The highest BCUT2D eigenvalue weighted by atomic mass is 16.5. The molecule has 0 aliphatic heterocycles. The standard InChI is InChI=1S/C13H20N2O4/c1-4-19-13(17)12-9(2)14-8-10(12)15-11(16)6-5-7-18-3/h8,14H,4-7H2,1-3H3,(H,15,16). The van der Waals surface area contributed by atoms with E-state index in [9.17, 15) is 9.59 Å². The van der Waals surface area contributed by atoms with Crippen molar-refractivity contribution in [1.82, 2.24) is 4.98 Å². The Bertz CT molecular complexity index is 440. The minimum atomic E-state index is -0.437. The molecule has 2 N–H and O–H groups in total. The van der Waals surface area contributed by atoms with E-state index in [0.29, 0.717) is 43.0 Å². The van der Waals surface area contributed by atoms with Crippen LogP contribution in [0.2, 0.25) is 0 Å². The lowest BCUT2D eigenvalue weighted by atomic mass is 10.2. The number of aromatic amines is 1. The van der Waals surface area contributed by atoms with Gasteiger partial charge in [-0.05, 0) is 20.3 Å². The minimum absolute atomic E-state index is 0.151. The molecule has 0 bridgehead atoms. The topological polar surface area (TPSA) is 80.4 Å². The van der Waals surface area contributed by atoms with Crippen LogP contribution in [0.5, 0.6) is 0 Å². The Kier molecular flexibility index (Phi) is 6.08. The molecular weight excluding hydrogens is 248 g/mol. The number of carbonyl (C=O) groups excluding carboxylic acids is 2. The van der Waals surface area contributed by atoms with Gasteiger partial charge in [0.1, 0.15) is 5.56 Å². The number of anilines is 1. The summed E-state index contributed by atoms with van der Waals surface area (Å²) in [5.41, 5.74) is 1.51. The molecule has 106 valence electrons. The molecule has 0 aliphatic carbocycles. The lowest BCUT2D eigenvalue weighted by Crippen LogP contribution is -2.15. The van der Waals surface area contributed by atoms with Gasteiger partial charge in [-0.1, -0.05) is 0 Å². The first-order valence-corrected chi connectivity index (χ1v) is 6.24. The van der Waals surface area contributed by atoms with Crippen molar-refractivity contribution in [2.24, 2.45) is 0 Å². The largest absolute Gasteiger partial charge is 0.462 e. The zero-order chi connectivity index (χ0) is 14.3. The zero-order valence-corrected chi connectivity index (χ0v) is 11.5. The summed E-state index contributed by atoms with van der Waals surface area (Å²) in [6.45, 7) is 4.32. The number of hydrogen-bond donors (Lipinski definition) is 2. The fourth-order valence-electron chi connectivity index (χ4n) is 1.68. The number of nitrogens with one attached hydrogen (secondary N) is 2. The number of aromatic nitrogens is 1. The highest BCUT2D eigenvalue weighted by molar-refractivity contribution is 6.02. The summed E-state index contributed by atoms with van der Waals surface area (Å²) in [4.78, 5) is 26.4. The third-order valence-electron chi connectivity index (χ3n) is 2.58. The first kappa shape index (κ1) is 15.2. The number of amides is 1.